The van der Waals surface area contributed by atoms with Crippen LogP contribution < -0.4 is 20.1 Å². The van der Waals surface area contributed by atoms with Crippen LogP contribution in [0.5, 0.6) is 11.8 Å². The SMILES string of the molecule is COc1nc(OCC2CC(F)(F)C2)c(F)cc1CNC(=O)C1CCCN1. The van der Waals surface area contributed by atoms with Crippen molar-refractivity contribution in [3.63, 3.8) is 0 Å². The highest BCUT2D eigenvalue weighted by Gasteiger charge is 2.45. The molecule has 1 aliphatic heterocycles. The van der Waals surface area contributed by atoms with E-state index in [2.05, 4.69) is 15.6 Å². The Balaban J connectivity index is 1.58. The van der Waals surface area contributed by atoms with Crippen molar-refractivity contribution >= 4 is 5.91 Å². The lowest BCUT2D eigenvalue weighted by atomic mass is 9.82. The van der Waals surface area contributed by atoms with Gasteiger partial charge in [-0.2, -0.15) is 4.98 Å². The van der Waals surface area contributed by atoms with E-state index in [0.29, 0.717) is 5.56 Å². The van der Waals surface area contributed by atoms with Gasteiger partial charge in [0.1, 0.15) is 0 Å². The molecule has 2 aliphatic rings. The fourth-order valence-electron chi connectivity index (χ4n) is 3.21. The summed E-state index contributed by atoms with van der Waals surface area (Å²) in [6.45, 7) is 0.849. The third-order valence-electron chi connectivity index (χ3n) is 4.64. The first kappa shape index (κ1) is 18.8. The number of halogens is 3. The summed E-state index contributed by atoms with van der Waals surface area (Å²) in [5, 5.41) is 5.81. The number of rotatable bonds is 7. The zero-order chi connectivity index (χ0) is 18.7. The van der Waals surface area contributed by atoms with E-state index < -0.39 is 11.7 Å². The first-order chi connectivity index (χ1) is 12.4. The van der Waals surface area contributed by atoms with Crippen molar-refractivity contribution in [1.82, 2.24) is 15.6 Å². The predicted molar refractivity (Wildman–Crippen MR) is 86.8 cm³/mol. The maximum Gasteiger partial charge on any atom is 0.253 e. The first-order valence-electron chi connectivity index (χ1n) is 8.63. The third kappa shape index (κ3) is 4.38. The van der Waals surface area contributed by atoms with Crippen LogP contribution in [0, 0.1) is 11.7 Å². The summed E-state index contributed by atoms with van der Waals surface area (Å²) in [6.07, 6.45) is 1.19. The number of ether oxygens (including phenoxy) is 2. The number of alkyl halides is 2. The highest BCUT2D eigenvalue weighted by Crippen LogP contribution is 2.42. The van der Waals surface area contributed by atoms with Crippen LogP contribution in [0.4, 0.5) is 13.2 Å². The summed E-state index contributed by atoms with van der Waals surface area (Å²) in [5.41, 5.74) is 0.374. The van der Waals surface area contributed by atoms with Crippen LogP contribution in [0.3, 0.4) is 0 Å². The maximum absolute atomic E-state index is 14.2. The molecule has 26 heavy (non-hydrogen) atoms. The normalized spacial score (nSPS) is 21.9. The van der Waals surface area contributed by atoms with Gasteiger partial charge in [-0.1, -0.05) is 0 Å². The van der Waals surface area contributed by atoms with Gasteiger partial charge in [0.2, 0.25) is 17.7 Å². The van der Waals surface area contributed by atoms with Gasteiger partial charge in [0.05, 0.1) is 19.8 Å². The fraction of sp³-hybridized carbons (Fsp3) is 0.647. The molecule has 1 aliphatic carbocycles. The number of amides is 1. The monoisotopic (exact) mass is 373 g/mol. The second-order valence-electron chi connectivity index (χ2n) is 6.75. The minimum Gasteiger partial charge on any atom is -0.481 e. The molecule has 2 fully saturated rings. The summed E-state index contributed by atoms with van der Waals surface area (Å²) in [6, 6.07) is 0.945. The van der Waals surface area contributed by atoms with Crippen LogP contribution >= 0.6 is 0 Å². The number of methoxy groups -OCH3 is 1. The Morgan fingerprint density at radius 3 is 2.81 bits per heavy atom. The number of hydrogen-bond donors (Lipinski definition) is 2. The van der Waals surface area contributed by atoms with E-state index in [1.54, 1.807) is 0 Å². The molecule has 0 spiro atoms. The van der Waals surface area contributed by atoms with Crippen molar-refractivity contribution in [2.45, 2.75) is 44.2 Å². The summed E-state index contributed by atoms with van der Waals surface area (Å²) in [7, 11) is 1.38. The van der Waals surface area contributed by atoms with Crippen LogP contribution in [0.25, 0.3) is 0 Å². The second-order valence-corrected chi connectivity index (χ2v) is 6.75. The Labute approximate surface area is 149 Å². The van der Waals surface area contributed by atoms with Crippen LogP contribution in [0.2, 0.25) is 0 Å². The van der Waals surface area contributed by atoms with Crippen molar-refractivity contribution in [2.75, 3.05) is 20.3 Å². The van der Waals surface area contributed by atoms with Gasteiger partial charge in [-0.15, -0.1) is 0 Å². The van der Waals surface area contributed by atoms with Crippen molar-refractivity contribution in [2.24, 2.45) is 5.92 Å². The zero-order valence-corrected chi connectivity index (χ0v) is 14.5. The number of hydrogen-bond acceptors (Lipinski definition) is 5. The largest absolute Gasteiger partial charge is 0.481 e. The minimum absolute atomic E-state index is 0.0217. The Morgan fingerprint density at radius 1 is 1.42 bits per heavy atom. The number of aromatic nitrogens is 1. The topological polar surface area (TPSA) is 72.5 Å². The standard InChI is InChI=1S/C17H22F3N3O3/c1-25-15-11(8-22-14(24)13-3-2-4-21-13)5-12(18)16(23-15)26-9-10-6-17(19,20)7-10/h5,10,13,21H,2-4,6-9H2,1H3,(H,22,24). The Bertz CT molecular complexity index is 658. The predicted octanol–water partition coefficient (Wildman–Crippen LogP) is 2.02. The smallest absolute Gasteiger partial charge is 0.253 e. The Kier molecular flexibility index (Phi) is 5.55. The number of pyridine rings is 1. The van der Waals surface area contributed by atoms with Crippen LogP contribution in [-0.4, -0.2) is 43.1 Å². The molecule has 1 amide bonds. The number of nitrogens with one attached hydrogen (secondary N) is 2. The van der Waals surface area contributed by atoms with E-state index in [-0.39, 0.29) is 55.6 Å². The highest BCUT2D eigenvalue weighted by molar-refractivity contribution is 5.82. The van der Waals surface area contributed by atoms with Gasteiger partial charge in [-0.25, -0.2) is 13.2 Å². The van der Waals surface area contributed by atoms with Gasteiger partial charge in [-0.05, 0) is 25.5 Å². The molecule has 1 atom stereocenters. The number of carbonyl (C=O) groups is 1. The molecule has 1 aromatic heterocycles. The third-order valence-corrected chi connectivity index (χ3v) is 4.64. The van der Waals surface area contributed by atoms with E-state index >= 15 is 0 Å². The van der Waals surface area contributed by atoms with Crippen molar-refractivity contribution in [3.05, 3.63) is 17.4 Å². The number of nitrogens with zero attached hydrogens (tertiary/aromatic N) is 1. The lowest BCUT2D eigenvalue weighted by Gasteiger charge is -2.34. The van der Waals surface area contributed by atoms with E-state index in [9.17, 15) is 18.0 Å². The molecule has 9 heteroatoms. The van der Waals surface area contributed by atoms with E-state index in [0.717, 1.165) is 19.4 Å². The summed E-state index contributed by atoms with van der Waals surface area (Å²) in [4.78, 5) is 16.0. The van der Waals surface area contributed by atoms with E-state index in [4.69, 9.17) is 9.47 Å². The van der Waals surface area contributed by atoms with Crippen molar-refractivity contribution < 1.29 is 27.4 Å². The molecule has 2 N–H and O–H groups in total. The molecule has 1 aromatic rings. The molecule has 1 saturated carbocycles. The number of carbonyl (C=O) groups excluding carboxylic acids is 1. The Hall–Kier alpha value is -2.03. The van der Waals surface area contributed by atoms with Crippen LogP contribution in [0.15, 0.2) is 6.07 Å². The molecule has 1 unspecified atom stereocenters. The van der Waals surface area contributed by atoms with Crippen molar-refractivity contribution in [3.8, 4) is 11.8 Å². The molecular formula is C17H22F3N3O3. The lowest BCUT2D eigenvalue weighted by molar-refractivity contribution is -0.123. The quantitative estimate of drug-likeness (QED) is 0.765. The molecule has 0 bridgehead atoms. The summed E-state index contributed by atoms with van der Waals surface area (Å²) in [5.74, 6) is -4.00. The van der Waals surface area contributed by atoms with Gasteiger partial charge in [-0.3, -0.25) is 4.79 Å². The first-order valence-corrected chi connectivity index (χ1v) is 8.63. The van der Waals surface area contributed by atoms with Crippen LogP contribution in [0.1, 0.15) is 31.2 Å². The molecule has 1 saturated heterocycles. The summed E-state index contributed by atoms with van der Waals surface area (Å²) < 4.78 is 50.2. The molecule has 2 heterocycles. The molecule has 0 aromatic carbocycles. The summed E-state index contributed by atoms with van der Waals surface area (Å²) >= 11 is 0. The van der Waals surface area contributed by atoms with Gasteiger partial charge in [0, 0.05) is 30.9 Å². The Morgan fingerprint density at radius 2 is 2.19 bits per heavy atom. The van der Waals surface area contributed by atoms with Gasteiger partial charge >= 0.3 is 0 Å². The molecule has 6 nitrogen and oxygen atoms in total. The van der Waals surface area contributed by atoms with Crippen LogP contribution in [-0.2, 0) is 11.3 Å². The van der Waals surface area contributed by atoms with E-state index in [1.165, 1.54) is 13.2 Å². The molecule has 3 rings (SSSR count). The highest BCUT2D eigenvalue weighted by atomic mass is 19.3. The van der Waals surface area contributed by atoms with Gasteiger partial charge < -0.3 is 20.1 Å². The van der Waals surface area contributed by atoms with Gasteiger partial charge in [0.15, 0.2) is 5.82 Å². The fourth-order valence-corrected chi connectivity index (χ4v) is 3.21. The second kappa shape index (κ2) is 7.69. The maximum atomic E-state index is 14.2. The minimum atomic E-state index is -2.64. The van der Waals surface area contributed by atoms with E-state index in [1.807, 2.05) is 0 Å². The molecular weight excluding hydrogens is 351 g/mol. The van der Waals surface area contributed by atoms with Gasteiger partial charge in [0.25, 0.3) is 5.88 Å². The average molecular weight is 373 g/mol. The molecule has 144 valence electrons. The van der Waals surface area contributed by atoms with Crippen molar-refractivity contribution in [1.29, 1.82) is 0 Å². The molecule has 0 radical (unpaired) electrons. The lowest BCUT2D eigenvalue weighted by Crippen LogP contribution is -2.40. The zero-order valence-electron chi connectivity index (χ0n) is 14.5. The average Bonchev–Trinajstić information content (AvgIpc) is 3.11.